The van der Waals surface area contributed by atoms with Crippen LogP contribution < -0.4 is 0 Å². The molecule has 1 aromatic heterocycles. The molecular formula is C22H20F3N3O. The number of aromatic nitrogens is 2. The molecule has 0 fully saturated rings. The molecule has 1 amide bonds. The number of fused-ring (bicyclic) bond motifs is 1. The summed E-state index contributed by atoms with van der Waals surface area (Å²) < 4.78 is 40.0. The van der Waals surface area contributed by atoms with Crippen LogP contribution in [0.3, 0.4) is 0 Å². The molecule has 0 saturated heterocycles. The van der Waals surface area contributed by atoms with Gasteiger partial charge < -0.3 is 4.90 Å². The number of hydrogen-bond acceptors (Lipinski definition) is 2. The lowest BCUT2D eigenvalue weighted by Crippen LogP contribution is -2.27. The predicted molar refractivity (Wildman–Crippen MR) is 103 cm³/mol. The summed E-state index contributed by atoms with van der Waals surface area (Å²) in [6.07, 6.45) is -1.72. The largest absolute Gasteiger partial charge is 0.416 e. The summed E-state index contributed by atoms with van der Waals surface area (Å²) >= 11 is 0. The Hall–Kier alpha value is -3.09. The van der Waals surface area contributed by atoms with E-state index in [1.54, 1.807) is 7.05 Å². The van der Waals surface area contributed by atoms with Crippen molar-refractivity contribution in [2.45, 2.75) is 32.0 Å². The molecule has 0 unspecified atom stereocenters. The molecule has 1 aliphatic rings. The summed E-state index contributed by atoms with van der Waals surface area (Å²) in [5, 5.41) is 4.59. The van der Waals surface area contributed by atoms with E-state index in [9.17, 15) is 18.0 Å². The molecule has 1 heterocycles. The molecule has 4 nitrogen and oxygen atoms in total. The number of alkyl halides is 3. The predicted octanol–water partition coefficient (Wildman–Crippen LogP) is 4.65. The molecular weight excluding hydrogens is 379 g/mol. The van der Waals surface area contributed by atoms with Crippen LogP contribution in [0.4, 0.5) is 13.2 Å². The molecule has 7 heteroatoms. The lowest BCUT2D eigenvalue weighted by Gasteiger charge is -2.17. The van der Waals surface area contributed by atoms with E-state index in [1.807, 2.05) is 35.0 Å². The second-order valence-corrected chi connectivity index (χ2v) is 7.23. The Bertz CT molecular complexity index is 1020. The monoisotopic (exact) mass is 399 g/mol. The maximum absolute atomic E-state index is 13.0. The van der Waals surface area contributed by atoms with Gasteiger partial charge >= 0.3 is 6.18 Å². The first-order chi connectivity index (χ1) is 13.8. The quantitative estimate of drug-likeness (QED) is 0.640. The zero-order chi connectivity index (χ0) is 20.6. The van der Waals surface area contributed by atoms with Gasteiger partial charge in [0, 0.05) is 24.8 Å². The van der Waals surface area contributed by atoms with Crippen LogP contribution in [0, 0.1) is 0 Å². The molecule has 2 aromatic carbocycles. The number of hydrogen-bond donors (Lipinski definition) is 0. The van der Waals surface area contributed by atoms with Gasteiger partial charge in [0.05, 0.1) is 11.3 Å². The van der Waals surface area contributed by atoms with Crippen LogP contribution in [0.25, 0.3) is 5.69 Å². The van der Waals surface area contributed by atoms with Gasteiger partial charge in [0.1, 0.15) is 0 Å². The highest BCUT2D eigenvalue weighted by molar-refractivity contribution is 5.94. The number of amides is 1. The number of nitrogens with zero attached hydrogens (tertiary/aromatic N) is 3. The molecule has 0 radical (unpaired) electrons. The van der Waals surface area contributed by atoms with Gasteiger partial charge in [-0.05, 0) is 49.1 Å². The Balaban J connectivity index is 1.57. The first-order valence-electron chi connectivity index (χ1n) is 9.42. The number of benzene rings is 2. The Labute approximate surface area is 166 Å². The van der Waals surface area contributed by atoms with Crippen molar-refractivity contribution in [3.8, 4) is 5.69 Å². The molecule has 0 saturated carbocycles. The van der Waals surface area contributed by atoms with E-state index in [0.717, 1.165) is 48.3 Å². The Kier molecular flexibility index (Phi) is 4.90. The van der Waals surface area contributed by atoms with E-state index >= 15 is 0 Å². The van der Waals surface area contributed by atoms with E-state index in [2.05, 4.69) is 5.10 Å². The zero-order valence-corrected chi connectivity index (χ0v) is 15.9. The fourth-order valence-electron chi connectivity index (χ4n) is 3.72. The highest BCUT2D eigenvalue weighted by Gasteiger charge is 2.31. The van der Waals surface area contributed by atoms with Gasteiger partial charge in [0.2, 0.25) is 0 Å². The molecule has 1 aliphatic carbocycles. The smallest absolute Gasteiger partial charge is 0.336 e. The third kappa shape index (κ3) is 3.77. The summed E-state index contributed by atoms with van der Waals surface area (Å²) in [5.74, 6) is -0.224. The van der Waals surface area contributed by atoms with E-state index in [-0.39, 0.29) is 12.5 Å². The number of rotatable bonds is 4. The van der Waals surface area contributed by atoms with E-state index in [4.69, 9.17) is 0 Å². The first kappa shape index (κ1) is 19.2. The number of para-hydroxylation sites is 1. The minimum atomic E-state index is -4.37. The molecule has 0 N–H and O–H groups in total. The van der Waals surface area contributed by atoms with Crippen LogP contribution >= 0.6 is 0 Å². The minimum absolute atomic E-state index is 0.212. The van der Waals surface area contributed by atoms with Gasteiger partial charge in [-0.1, -0.05) is 30.3 Å². The van der Waals surface area contributed by atoms with Crippen molar-refractivity contribution in [2.75, 3.05) is 7.05 Å². The fourth-order valence-corrected chi connectivity index (χ4v) is 3.72. The third-order valence-electron chi connectivity index (χ3n) is 5.18. The average Bonchev–Trinajstić information content (AvgIpc) is 3.30. The molecule has 29 heavy (non-hydrogen) atoms. The van der Waals surface area contributed by atoms with Gasteiger partial charge in [0.15, 0.2) is 5.69 Å². The summed E-state index contributed by atoms with van der Waals surface area (Å²) in [6.45, 7) is 0.212. The number of carbonyl (C=O) groups excluding carboxylic acids is 1. The maximum Gasteiger partial charge on any atom is 0.416 e. The van der Waals surface area contributed by atoms with Crippen LogP contribution in [0.15, 0.2) is 54.6 Å². The standard InChI is InChI=1S/C22H20F3N3O/c1-27(14-15-10-12-16(13-11-15)22(23,24)25)21(29)20-18-8-5-9-19(18)28(26-20)17-6-3-2-4-7-17/h2-4,6-7,10-13H,5,8-9,14H2,1H3. The van der Waals surface area contributed by atoms with Crippen molar-refractivity contribution >= 4 is 5.91 Å². The number of carbonyl (C=O) groups is 1. The average molecular weight is 399 g/mol. The van der Waals surface area contributed by atoms with Gasteiger partial charge in [-0.3, -0.25) is 4.79 Å². The Morgan fingerprint density at radius 1 is 1.07 bits per heavy atom. The summed E-state index contributed by atoms with van der Waals surface area (Å²) in [4.78, 5) is 14.5. The van der Waals surface area contributed by atoms with Crippen LogP contribution in [0.1, 0.15) is 39.3 Å². The highest BCUT2D eigenvalue weighted by Crippen LogP contribution is 2.30. The molecule has 4 rings (SSSR count). The number of halogens is 3. The molecule has 0 atom stereocenters. The van der Waals surface area contributed by atoms with Gasteiger partial charge in [-0.25, -0.2) is 4.68 Å². The van der Waals surface area contributed by atoms with Crippen molar-refractivity contribution in [3.05, 3.63) is 82.7 Å². The third-order valence-corrected chi connectivity index (χ3v) is 5.18. The van der Waals surface area contributed by atoms with Gasteiger partial charge in [0.25, 0.3) is 5.91 Å². The molecule has 0 bridgehead atoms. The van der Waals surface area contributed by atoms with E-state index in [0.29, 0.717) is 11.3 Å². The second-order valence-electron chi connectivity index (χ2n) is 7.23. The van der Waals surface area contributed by atoms with Crippen molar-refractivity contribution in [1.82, 2.24) is 14.7 Å². The molecule has 0 aliphatic heterocycles. The molecule has 0 spiro atoms. The van der Waals surface area contributed by atoms with Gasteiger partial charge in [-0.15, -0.1) is 0 Å². The normalized spacial score (nSPS) is 13.4. The second kappa shape index (κ2) is 7.39. The maximum atomic E-state index is 13.0. The summed E-state index contributed by atoms with van der Waals surface area (Å²) in [6, 6.07) is 14.6. The zero-order valence-electron chi connectivity index (χ0n) is 15.9. The van der Waals surface area contributed by atoms with E-state index in [1.165, 1.54) is 17.0 Å². The van der Waals surface area contributed by atoms with Crippen molar-refractivity contribution in [1.29, 1.82) is 0 Å². The fraction of sp³-hybridized carbons (Fsp3) is 0.273. The molecule has 3 aromatic rings. The Morgan fingerprint density at radius 3 is 2.41 bits per heavy atom. The summed E-state index contributed by atoms with van der Waals surface area (Å²) in [7, 11) is 1.64. The van der Waals surface area contributed by atoms with Gasteiger partial charge in [-0.2, -0.15) is 18.3 Å². The summed E-state index contributed by atoms with van der Waals surface area (Å²) in [5.41, 5.74) is 3.30. The van der Waals surface area contributed by atoms with Crippen LogP contribution in [0.5, 0.6) is 0 Å². The SMILES string of the molecule is CN(Cc1ccc(C(F)(F)F)cc1)C(=O)c1nn(-c2ccccc2)c2c1CCC2. The first-order valence-corrected chi connectivity index (χ1v) is 9.42. The van der Waals surface area contributed by atoms with E-state index < -0.39 is 11.7 Å². The topological polar surface area (TPSA) is 38.1 Å². The highest BCUT2D eigenvalue weighted by atomic mass is 19.4. The lowest BCUT2D eigenvalue weighted by atomic mass is 10.1. The van der Waals surface area contributed by atoms with Crippen molar-refractivity contribution in [3.63, 3.8) is 0 Å². The van der Waals surface area contributed by atoms with Crippen LogP contribution in [-0.4, -0.2) is 27.6 Å². The Morgan fingerprint density at radius 2 is 1.76 bits per heavy atom. The van der Waals surface area contributed by atoms with Crippen LogP contribution in [-0.2, 0) is 25.6 Å². The minimum Gasteiger partial charge on any atom is -0.336 e. The molecule has 150 valence electrons. The van der Waals surface area contributed by atoms with Crippen LogP contribution in [0.2, 0.25) is 0 Å². The van der Waals surface area contributed by atoms with Crippen molar-refractivity contribution < 1.29 is 18.0 Å². The lowest BCUT2D eigenvalue weighted by molar-refractivity contribution is -0.137. The van der Waals surface area contributed by atoms with Crippen molar-refractivity contribution in [2.24, 2.45) is 0 Å².